The van der Waals surface area contributed by atoms with Gasteiger partial charge in [0, 0.05) is 6.20 Å². The summed E-state index contributed by atoms with van der Waals surface area (Å²) in [6.45, 7) is 3.77. The van der Waals surface area contributed by atoms with E-state index in [4.69, 9.17) is 5.26 Å². The number of nitrogens with one attached hydrogen (secondary N) is 1. The summed E-state index contributed by atoms with van der Waals surface area (Å²) >= 11 is 0. The predicted octanol–water partition coefficient (Wildman–Crippen LogP) is 2.37. The molecule has 0 radical (unpaired) electrons. The van der Waals surface area contributed by atoms with Crippen LogP contribution in [0.25, 0.3) is 0 Å². The number of aryl methyl sites for hydroxylation is 2. The van der Waals surface area contributed by atoms with Gasteiger partial charge in [-0.1, -0.05) is 6.07 Å². The predicted molar refractivity (Wildman–Crippen MR) is 75.7 cm³/mol. The average molecular weight is 287 g/mol. The molecule has 0 spiro atoms. The smallest absolute Gasteiger partial charge is 0.263 e. The number of hydrogen-bond acceptors (Lipinski definition) is 4. The van der Waals surface area contributed by atoms with Crippen molar-refractivity contribution in [1.82, 2.24) is 4.98 Å². The summed E-state index contributed by atoms with van der Waals surface area (Å²) in [5.41, 5.74) is 2.31. The largest absolute Gasteiger partial charge is 0.263 e. The molecule has 102 valence electrons. The van der Waals surface area contributed by atoms with E-state index in [9.17, 15) is 8.42 Å². The Balaban J connectivity index is 2.30. The van der Waals surface area contributed by atoms with Crippen LogP contribution < -0.4 is 4.72 Å². The molecule has 2 rings (SSSR count). The average Bonchev–Trinajstić information content (AvgIpc) is 2.42. The SMILES string of the molecule is Cc1ccc(S(=O)(=O)Nc2ccc(C#N)cn2)cc1C. The first-order chi connectivity index (χ1) is 9.42. The summed E-state index contributed by atoms with van der Waals surface area (Å²) in [6, 6.07) is 9.81. The lowest BCUT2D eigenvalue weighted by Gasteiger charge is -2.09. The van der Waals surface area contributed by atoms with Crippen LogP contribution in [0.3, 0.4) is 0 Å². The summed E-state index contributed by atoms with van der Waals surface area (Å²) in [7, 11) is -3.67. The molecular formula is C14H13N3O2S. The number of anilines is 1. The summed E-state index contributed by atoms with van der Waals surface area (Å²) in [5, 5.41) is 8.67. The number of nitriles is 1. The van der Waals surface area contributed by atoms with Crippen LogP contribution >= 0.6 is 0 Å². The molecule has 1 aromatic heterocycles. The molecule has 0 aliphatic rings. The van der Waals surface area contributed by atoms with Gasteiger partial charge in [-0.05, 0) is 49.2 Å². The van der Waals surface area contributed by atoms with E-state index in [1.54, 1.807) is 18.2 Å². The number of hydrogen-bond donors (Lipinski definition) is 1. The summed E-state index contributed by atoms with van der Waals surface area (Å²) in [4.78, 5) is 4.07. The highest BCUT2D eigenvalue weighted by Crippen LogP contribution is 2.17. The Hall–Kier alpha value is -2.39. The van der Waals surface area contributed by atoms with Crippen LogP contribution in [0, 0.1) is 25.2 Å². The topological polar surface area (TPSA) is 82.9 Å². The van der Waals surface area contributed by atoms with Gasteiger partial charge in [-0.25, -0.2) is 13.4 Å². The first kappa shape index (κ1) is 14.0. The van der Waals surface area contributed by atoms with Gasteiger partial charge in [0.25, 0.3) is 10.0 Å². The van der Waals surface area contributed by atoms with Gasteiger partial charge in [0.15, 0.2) is 0 Å². The minimum Gasteiger partial charge on any atom is -0.263 e. The number of aromatic nitrogens is 1. The molecule has 6 heteroatoms. The van der Waals surface area contributed by atoms with Gasteiger partial charge in [-0.3, -0.25) is 4.72 Å². The zero-order valence-corrected chi connectivity index (χ0v) is 11.9. The zero-order chi connectivity index (χ0) is 14.8. The van der Waals surface area contributed by atoms with Crippen molar-refractivity contribution in [3.63, 3.8) is 0 Å². The van der Waals surface area contributed by atoms with Gasteiger partial charge >= 0.3 is 0 Å². The lowest BCUT2D eigenvalue weighted by Crippen LogP contribution is -2.14. The molecular weight excluding hydrogens is 274 g/mol. The van der Waals surface area contributed by atoms with Crippen molar-refractivity contribution in [2.24, 2.45) is 0 Å². The van der Waals surface area contributed by atoms with E-state index >= 15 is 0 Å². The van der Waals surface area contributed by atoms with Gasteiger partial charge < -0.3 is 0 Å². The zero-order valence-electron chi connectivity index (χ0n) is 11.1. The van der Waals surface area contributed by atoms with Gasteiger partial charge in [0.05, 0.1) is 10.5 Å². The molecule has 0 saturated heterocycles. The quantitative estimate of drug-likeness (QED) is 0.939. The second-order valence-electron chi connectivity index (χ2n) is 4.40. The first-order valence-corrected chi connectivity index (χ1v) is 7.37. The highest BCUT2D eigenvalue weighted by Gasteiger charge is 2.15. The monoisotopic (exact) mass is 287 g/mol. The van der Waals surface area contributed by atoms with Gasteiger partial charge in [0.2, 0.25) is 0 Å². The van der Waals surface area contributed by atoms with Crippen molar-refractivity contribution < 1.29 is 8.42 Å². The fourth-order valence-corrected chi connectivity index (χ4v) is 2.69. The van der Waals surface area contributed by atoms with Crippen LogP contribution in [0.2, 0.25) is 0 Å². The number of sulfonamides is 1. The molecule has 0 aliphatic heterocycles. The summed E-state index contributed by atoms with van der Waals surface area (Å²) in [5.74, 6) is 0.183. The fraction of sp³-hybridized carbons (Fsp3) is 0.143. The molecule has 0 atom stereocenters. The molecule has 2 aromatic rings. The van der Waals surface area contributed by atoms with Crippen LogP contribution in [-0.4, -0.2) is 13.4 Å². The lowest BCUT2D eigenvalue weighted by molar-refractivity contribution is 0.601. The normalized spacial score (nSPS) is 10.8. The van der Waals surface area contributed by atoms with Gasteiger partial charge in [-0.2, -0.15) is 5.26 Å². The van der Waals surface area contributed by atoms with Gasteiger partial charge in [-0.15, -0.1) is 0 Å². The standard InChI is InChI=1S/C14H13N3O2S/c1-10-3-5-13(7-11(10)2)20(18,19)17-14-6-4-12(8-15)9-16-14/h3-7,9H,1-2H3,(H,16,17). The van der Waals surface area contributed by atoms with Crippen LogP contribution in [-0.2, 0) is 10.0 Å². The van der Waals surface area contributed by atoms with Crippen molar-refractivity contribution in [3.05, 3.63) is 53.2 Å². The van der Waals surface area contributed by atoms with Crippen LogP contribution in [0.5, 0.6) is 0 Å². The number of rotatable bonds is 3. The lowest BCUT2D eigenvalue weighted by atomic mass is 10.1. The Morgan fingerprint density at radius 2 is 1.90 bits per heavy atom. The van der Waals surface area contributed by atoms with E-state index in [-0.39, 0.29) is 10.7 Å². The maximum Gasteiger partial charge on any atom is 0.263 e. The summed E-state index contributed by atoms with van der Waals surface area (Å²) < 4.78 is 26.8. The van der Waals surface area contributed by atoms with Crippen molar-refractivity contribution in [1.29, 1.82) is 5.26 Å². The highest BCUT2D eigenvalue weighted by atomic mass is 32.2. The van der Waals surface area contributed by atoms with E-state index in [1.165, 1.54) is 18.3 Å². The van der Waals surface area contributed by atoms with E-state index in [0.717, 1.165) is 11.1 Å². The third-order valence-electron chi connectivity index (χ3n) is 2.92. The van der Waals surface area contributed by atoms with Crippen molar-refractivity contribution >= 4 is 15.8 Å². The first-order valence-electron chi connectivity index (χ1n) is 5.88. The maximum atomic E-state index is 12.2. The molecule has 20 heavy (non-hydrogen) atoms. The molecule has 1 aromatic carbocycles. The molecule has 1 heterocycles. The molecule has 0 amide bonds. The third kappa shape index (κ3) is 2.95. The van der Waals surface area contributed by atoms with E-state index in [2.05, 4.69) is 9.71 Å². The Bertz CT molecular complexity index is 775. The maximum absolute atomic E-state index is 12.2. The number of nitrogens with zero attached hydrogens (tertiary/aromatic N) is 2. The van der Waals surface area contributed by atoms with E-state index in [0.29, 0.717) is 5.56 Å². The molecule has 5 nitrogen and oxygen atoms in total. The van der Waals surface area contributed by atoms with Crippen LogP contribution in [0.4, 0.5) is 5.82 Å². The molecule has 1 N–H and O–H groups in total. The van der Waals surface area contributed by atoms with E-state index in [1.807, 2.05) is 19.9 Å². The minimum atomic E-state index is -3.67. The Morgan fingerprint density at radius 1 is 1.15 bits per heavy atom. The Kier molecular flexibility index (Phi) is 3.72. The number of pyridine rings is 1. The molecule has 0 bridgehead atoms. The van der Waals surface area contributed by atoms with Crippen LogP contribution in [0.1, 0.15) is 16.7 Å². The number of benzene rings is 1. The van der Waals surface area contributed by atoms with Gasteiger partial charge in [0.1, 0.15) is 11.9 Å². The van der Waals surface area contributed by atoms with Crippen LogP contribution in [0.15, 0.2) is 41.4 Å². The second-order valence-corrected chi connectivity index (χ2v) is 6.08. The summed E-state index contributed by atoms with van der Waals surface area (Å²) in [6.07, 6.45) is 1.32. The minimum absolute atomic E-state index is 0.183. The Labute approximate surface area is 118 Å². The van der Waals surface area contributed by atoms with Crippen molar-refractivity contribution in [2.45, 2.75) is 18.7 Å². The fourth-order valence-electron chi connectivity index (χ4n) is 1.60. The van der Waals surface area contributed by atoms with E-state index < -0.39 is 10.0 Å². The highest BCUT2D eigenvalue weighted by molar-refractivity contribution is 7.92. The molecule has 0 aliphatic carbocycles. The van der Waals surface area contributed by atoms with Crippen molar-refractivity contribution in [2.75, 3.05) is 4.72 Å². The third-order valence-corrected chi connectivity index (χ3v) is 4.27. The molecule has 0 fully saturated rings. The van der Waals surface area contributed by atoms with Crippen molar-refractivity contribution in [3.8, 4) is 6.07 Å². The Morgan fingerprint density at radius 3 is 2.45 bits per heavy atom. The molecule has 0 saturated carbocycles. The molecule has 0 unspecified atom stereocenters. The second kappa shape index (κ2) is 5.31.